The van der Waals surface area contributed by atoms with Gasteiger partial charge in [0.1, 0.15) is 11.8 Å². The normalized spacial score (nSPS) is 11.7. The van der Waals surface area contributed by atoms with Gasteiger partial charge in [-0.15, -0.1) is 0 Å². The van der Waals surface area contributed by atoms with Crippen molar-refractivity contribution >= 4 is 11.8 Å². The number of benzene rings is 2. The fourth-order valence-corrected chi connectivity index (χ4v) is 3.68. The molecule has 2 aromatic rings. The Hall–Kier alpha value is -2.94. The second-order valence-corrected chi connectivity index (χ2v) is 8.65. The number of rotatable bonds is 18. The molecule has 1 atom stereocenters. The van der Waals surface area contributed by atoms with Gasteiger partial charge in [-0.2, -0.15) is 0 Å². The van der Waals surface area contributed by atoms with E-state index < -0.39 is 6.04 Å². The second kappa shape index (κ2) is 17.5. The first-order valence-electron chi connectivity index (χ1n) is 12.6. The van der Waals surface area contributed by atoms with E-state index in [1.54, 1.807) is 18.2 Å². The van der Waals surface area contributed by atoms with Crippen molar-refractivity contribution in [1.29, 1.82) is 0 Å². The summed E-state index contributed by atoms with van der Waals surface area (Å²) in [6.45, 7) is 5.00. The number of phenolic OH excluding ortho intramolecular Hbond substituents is 1. The number of carbonyl (C=O) groups excluding carboxylic acids is 2. The number of unbranched alkanes of at least 4 members (excludes halogenated alkanes) is 1. The van der Waals surface area contributed by atoms with E-state index >= 15 is 0 Å². The summed E-state index contributed by atoms with van der Waals surface area (Å²) in [7, 11) is 0. The van der Waals surface area contributed by atoms with Gasteiger partial charge in [0.15, 0.2) is 0 Å². The first kappa shape index (κ1) is 28.3. The minimum Gasteiger partial charge on any atom is -0.508 e. The number of phenols is 1. The zero-order chi connectivity index (χ0) is 25.1. The van der Waals surface area contributed by atoms with E-state index in [9.17, 15) is 14.7 Å². The van der Waals surface area contributed by atoms with Crippen molar-refractivity contribution in [3.8, 4) is 5.75 Å². The standard InChI is InChI=1S/C27H41N5O3/c28-13-7-16-29-14-4-5-15-30-17-8-18-31-27(35)25(20-23-11-6-12-24(33)19-23)32-26(34)21-22-9-2-1-3-10-22/h1-3,6,9-12,19,25,29-30,33H,4-5,7-8,13-18,20-21,28H2,(H,31,35)(H,32,34)/t25-/m0/s1. The molecule has 0 fully saturated rings. The molecule has 2 aromatic carbocycles. The van der Waals surface area contributed by atoms with Crippen LogP contribution in [0.4, 0.5) is 0 Å². The number of aromatic hydroxyl groups is 1. The van der Waals surface area contributed by atoms with Crippen molar-refractivity contribution in [1.82, 2.24) is 21.3 Å². The molecule has 0 spiro atoms. The Morgan fingerprint density at radius 2 is 1.46 bits per heavy atom. The Morgan fingerprint density at radius 1 is 0.800 bits per heavy atom. The predicted molar refractivity (Wildman–Crippen MR) is 140 cm³/mol. The van der Waals surface area contributed by atoms with Gasteiger partial charge in [-0.05, 0) is 81.7 Å². The third kappa shape index (κ3) is 12.9. The molecular formula is C27H41N5O3. The summed E-state index contributed by atoms with van der Waals surface area (Å²) in [4.78, 5) is 25.5. The molecule has 0 aliphatic heterocycles. The van der Waals surface area contributed by atoms with Crippen molar-refractivity contribution in [2.75, 3.05) is 39.3 Å². The minimum absolute atomic E-state index is 0.134. The second-order valence-electron chi connectivity index (χ2n) is 8.65. The lowest BCUT2D eigenvalue weighted by Crippen LogP contribution is -2.48. The SMILES string of the molecule is NCCCNCCCCNCCCNC(=O)[C@H](Cc1cccc(O)c1)NC(=O)Cc1ccccc1. The highest BCUT2D eigenvalue weighted by atomic mass is 16.3. The first-order valence-corrected chi connectivity index (χ1v) is 12.6. The van der Waals surface area contributed by atoms with Crippen LogP contribution in [-0.4, -0.2) is 62.2 Å². The average Bonchev–Trinajstić information content (AvgIpc) is 2.85. The van der Waals surface area contributed by atoms with E-state index in [4.69, 9.17) is 5.73 Å². The molecule has 35 heavy (non-hydrogen) atoms. The van der Waals surface area contributed by atoms with E-state index in [2.05, 4.69) is 21.3 Å². The third-order valence-corrected chi connectivity index (χ3v) is 5.55. The van der Waals surface area contributed by atoms with E-state index in [0.29, 0.717) is 13.0 Å². The fraction of sp³-hybridized carbons (Fsp3) is 0.481. The maximum absolute atomic E-state index is 12.9. The lowest BCUT2D eigenvalue weighted by molar-refractivity contribution is -0.128. The monoisotopic (exact) mass is 483 g/mol. The van der Waals surface area contributed by atoms with Gasteiger partial charge in [0.2, 0.25) is 11.8 Å². The van der Waals surface area contributed by atoms with Crippen LogP contribution >= 0.6 is 0 Å². The molecule has 0 aliphatic carbocycles. The molecule has 192 valence electrons. The van der Waals surface area contributed by atoms with Crippen LogP contribution in [0.2, 0.25) is 0 Å². The maximum Gasteiger partial charge on any atom is 0.242 e. The number of hydrogen-bond donors (Lipinski definition) is 6. The average molecular weight is 484 g/mol. The molecule has 8 heteroatoms. The van der Waals surface area contributed by atoms with Gasteiger partial charge in [-0.1, -0.05) is 42.5 Å². The highest BCUT2D eigenvalue weighted by Gasteiger charge is 2.21. The largest absolute Gasteiger partial charge is 0.508 e. The number of carbonyl (C=O) groups is 2. The Labute approximate surface area is 209 Å². The summed E-state index contributed by atoms with van der Waals surface area (Å²) < 4.78 is 0. The van der Waals surface area contributed by atoms with E-state index in [1.165, 1.54) is 0 Å². The molecule has 0 aliphatic rings. The van der Waals surface area contributed by atoms with Gasteiger partial charge in [0.05, 0.1) is 6.42 Å². The first-order chi connectivity index (χ1) is 17.1. The van der Waals surface area contributed by atoms with Gasteiger partial charge in [-0.3, -0.25) is 9.59 Å². The molecule has 0 unspecified atom stereocenters. The fourth-order valence-electron chi connectivity index (χ4n) is 3.68. The van der Waals surface area contributed by atoms with Crippen LogP contribution in [0.5, 0.6) is 5.75 Å². The van der Waals surface area contributed by atoms with Crippen molar-refractivity contribution in [2.24, 2.45) is 5.73 Å². The van der Waals surface area contributed by atoms with E-state index in [1.807, 2.05) is 36.4 Å². The van der Waals surface area contributed by atoms with Crippen molar-refractivity contribution in [2.45, 2.75) is 44.6 Å². The smallest absolute Gasteiger partial charge is 0.242 e. The Kier molecular flexibility index (Phi) is 14.1. The van der Waals surface area contributed by atoms with Crippen LogP contribution < -0.4 is 27.0 Å². The molecule has 0 radical (unpaired) electrons. The Bertz CT molecular complexity index is 863. The lowest BCUT2D eigenvalue weighted by Gasteiger charge is -2.19. The van der Waals surface area contributed by atoms with Gasteiger partial charge in [0.25, 0.3) is 0 Å². The molecule has 2 rings (SSSR count). The van der Waals surface area contributed by atoms with Gasteiger partial charge >= 0.3 is 0 Å². The molecule has 0 heterocycles. The quantitative estimate of drug-likeness (QED) is 0.178. The summed E-state index contributed by atoms with van der Waals surface area (Å²) in [5.74, 6) is -0.302. The highest BCUT2D eigenvalue weighted by molar-refractivity contribution is 5.88. The van der Waals surface area contributed by atoms with Crippen LogP contribution in [0.25, 0.3) is 0 Å². The van der Waals surface area contributed by atoms with Crippen LogP contribution in [0.15, 0.2) is 54.6 Å². The van der Waals surface area contributed by atoms with Crippen molar-refractivity contribution in [3.05, 3.63) is 65.7 Å². The van der Waals surface area contributed by atoms with Gasteiger partial charge in [0, 0.05) is 13.0 Å². The van der Waals surface area contributed by atoms with Crippen LogP contribution in [0.1, 0.15) is 36.8 Å². The van der Waals surface area contributed by atoms with Crippen molar-refractivity contribution in [3.63, 3.8) is 0 Å². The van der Waals surface area contributed by atoms with E-state index in [0.717, 1.165) is 69.5 Å². The molecule has 0 bridgehead atoms. The zero-order valence-corrected chi connectivity index (χ0v) is 20.6. The third-order valence-electron chi connectivity index (χ3n) is 5.55. The topological polar surface area (TPSA) is 129 Å². The molecule has 0 saturated heterocycles. The number of hydrogen-bond acceptors (Lipinski definition) is 6. The van der Waals surface area contributed by atoms with E-state index in [-0.39, 0.29) is 24.0 Å². The minimum atomic E-state index is -0.715. The van der Waals surface area contributed by atoms with Gasteiger partial charge in [-0.25, -0.2) is 0 Å². The predicted octanol–water partition coefficient (Wildman–Crippen LogP) is 1.48. The van der Waals surface area contributed by atoms with Crippen molar-refractivity contribution < 1.29 is 14.7 Å². The summed E-state index contributed by atoms with van der Waals surface area (Å²) >= 11 is 0. The molecule has 8 nitrogen and oxygen atoms in total. The zero-order valence-electron chi connectivity index (χ0n) is 20.6. The number of amides is 2. The molecule has 2 amide bonds. The van der Waals surface area contributed by atoms with Gasteiger partial charge < -0.3 is 32.1 Å². The summed E-state index contributed by atoms with van der Waals surface area (Å²) in [5.41, 5.74) is 7.14. The van der Waals surface area contributed by atoms with Crippen LogP contribution in [0.3, 0.4) is 0 Å². The molecule has 0 saturated carbocycles. The molecule has 7 N–H and O–H groups in total. The van der Waals surface area contributed by atoms with Crippen LogP contribution in [0, 0.1) is 0 Å². The highest BCUT2D eigenvalue weighted by Crippen LogP contribution is 2.13. The van der Waals surface area contributed by atoms with Crippen LogP contribution in [-0.2, 0) is 22.4 Å². The summed E-state index contributed by atoms with van der Waals surface area (Å²) in [6, 6.07) is 15.5. The maximum atomic E-state index is 12.9. The Morgan fingerprint density at radius 3 is 2.14 bits per heavy atom. The Balaban J connectivity index is 1.72. The lowest BCUT2D eigenvalue weighted by atomic mass is 10.0. The number of nitrogens with one attached hydrogen (secondary N) is 4. The summed E-state index contributed by atoms with van der Waals surface area (Å²) in [6.07, 6.45) is 4.54. The molecular weight excluding hydrogens is 442 g/mol. The number of nitrogens with two attached hydrogens (primary N) is 1. The summed E-state index contributed by atoms with van der Waals surface area (Å²) in [5, 5.41) is 22.3. The molecule has 0 aromatic heterocycles.